The Morgan fingerprint density at radius 1 is 1.25 bits per heavy atom. The van der Waals surface area contributed by atoms with Gasteiger partial charge in [0.2, 0.25) is 0 Å². The number of halogens is 3. The van der Waals surface area contributed by atoms with E-state index in [1.807, 2.05) is 19.1 Å². The van der Waals surface area contributed by atoms with Crippen molar-refractivity contribution in [3.05, 3.63) is 51.5 Å². The molecule has 0 spiro atoms. The first-order valence-corrected chi connectivity index (χ1v) is 9.42. The predicted octanol–water partition coefficient (Wildman–Crippen LogP) is 3.25. The van der Waals surface area contributed by atoms with E-state index in [0.29, 0.717) is 36.0 Å². The van der Waals surface area contributed by atoms with E-state index in [1.165, 1.54) is 7.11 Å². The topological polar surface area (TPSA) is 75.6 Å². The normalized spacial score (nSPS) is 12.0. The molecule has 1 aromatic carbocycles. The third kappa shape index (κ3) is 6.52. The number of nitrogens with one attached hydrogen (secondary N) is 2. The van der Waals surface area contributed by atoms with Crippen LogP contribution < -0.4 is 10.6 Å². The quantitative estimate of drug-likeness (QED) is 0.413. The summed E-state index contributed by atoms with van der Waals surface area (Å²) in [5.41, 5.74) is 0.609. The van der Waals surface area contributed by atoms with Gasteiger partial charge in [-0.2, -0.15) is 13.2 Å². The van der Waals surface area contributed by atoms with Crippen molar-refractivity contribution in [3.8, 4) is 0 Å². The summed E-state index contributed by atoms with van der Waals surface area (Å²) >= 11 is 0.931. The lowest BCUT2D eigenvalue weighted by Gasteiger charge is -2.11. The van der Waals surface area contributed by atoms with Gasteiger partial charge in [-0.25, -0.2) is 14.8 Å². The molecule has 0 saturated heterocycles. The Labute approximate surface area is 164 Å². The zero-order valence-electron chi connectivity index (χ0n) is 15.5. The number of aliphatic imine (C=N–C) groups is 1. The van der Waals surface area contributed by atoms with E-state index < -0.39 is 11.9 Å². The number of thiazole rings is 1. The van der Waals surface area contributed by atoms with Crippen LogP contribution in [-0.4, -0.2) is 37.1 Å². The van der Waals surface area contributed by atoms with Crippen LogP contribution in [0.4, 0.5) is 13.2 Å². The number of alkyl halides is 3. The smallest absolute Gasteiger partial charge is 0.434 e. The molecule has 28 heavy (non-hydrogen) atoms. The second-order valence-electron chi connectivity index (χ2n) is 5.68. The maximum atomic E-state index is 12.6. The van der Waals surface area contributed by atoms with Crippen molar-refractivity contribution in [1.29, 1.82) is 0 Å². The van der Waals surface area contributed by atoms with E-state index in [2.05, 4.69) is 25.3 Å². The number of esters is 1. The summed E-state index contributed by atoms with van der Waals surface area (Å²) < 4.78 is 42.4. The van der Waals surface area contributed by atoms with Crippen LogP contribution >= 0.6 is 11.3 Å². The second-order valence-corrected chi connectivity index (χ2v) is 6.63. The SMILES string of the molecule is CCNC(=NCc1nc(C(F)(F)F)cs1)NCCc1ccc(C(=O)OC)cc1. The van der Waals surface area contributed by atoms with Crippen LogP contribution in [0, 0.1) is 0 Å². The van der Waals surface area contributed by atoms with Crippen molar-refractivity contribution in [3.63, 3.8) is 0 Å². The predicted molar refractivity (Wildman–Crippen MR) is 101 cm³/mol. The van der Waals surface area contributed by atoms with Gasteiger partial charge in [-0.15, -0.1) is 11.3 Å². The van der Waals surface area contributed by atoms with Gasteiger partial charge in [-0.05, 0) is 31.0 Å². The number of carbonyl (C=O) groups is 1. The highest BCUT2D eigenvalue weighted by atomic mass is 32.1. The Morgan fingerprint density at radius 2 is 1.96 bits per heavy atom. The van der Waals surface area contributed by atoms with E-state index in [9.17, 15) is 18.0 Å². The lowest BCUT2D eigenvalue weighted by Crippen LogP contribution is -2.38. The van der Waals surface area contributed by atoms with Crippen LogP contribution in [0.5, 0.6) is 0 Å². The van der Waals surface area contributed by atoms with Crippen molar-refractivity contribution in [1.82, 2.24) is 15.6 Å². The highest BCUT2D eigenvalue weighted by molar-refractivity contribution is 7.09. The highest BCUT2D eigenvalue weighted by Crippen LogP contribution is 2.30. The largest absolute Gasteiger partial charge is 0.465 e. The molecular formula is C18H21F3N4O2S. The van der Waals surface area contributed by atoms with E-state index >= 15 is 0 Å². The minimum absolute atomic E-state index is 0.0594. The zero-order chi connectivity index (χ0) is 20.6. The molecule has 1 aromatic heterocycles. The van der Waals surface area contributed by atoms with Gasteiger partial charge in [0.25, 0.3) is 0 Å². The van der Waals surface area contributed by atoms with E-state index in [-0.39, 0.29) is 12.5 Å². The van der Waals surface area contributed by atoms with Gasteiger partial charge in [0.15, 0.2) is 11.7 Å². The van der Waals surface area contributed by atoms with Gasteiger partial charge in [0.05, 0.1) is 19.2 Å². The van der Waals surface area contributed by atoms with Gasteiger partial charge in [-0.3, -0.25) is 0 Å². The number of nitrogens with zero attached hydrogens (tertiary/aromatic N) is 2. The number of methoxy groups -OCH3 is 1. The Hall–Kier alpha value is -2.62. The molecule has 0 aliphatic carbocycles. The molecule has 152 valence electrons. The summed E-state index contributed by atoms with van der Waals surface area (Å²) in [4.78, 5) is 19.3. The molecular weight excluding hydrogens is 393 g/mol. The standard InChI is InChI=1S/C18H21F3N4O2S/c1-3-22-17(24-10-15-25-14(11-28-15)18(19,20)21)23-9-8-12-4-6-13(7-5-12)16(26)27-2/h4-7,11H,3,8-10H2,1-2H3,(H2,22,23,24). The van der Waals surface area contributed by atoms with Crippen LogP contribution in [0.25, 0.3) is 0 Å². The molecule has 10 heteroatoms. The summed E-state index contributed by atoms with van der Waals surface area (Å²) in [6.07, 6.45) is -3.76. The lowest BCUT2D eigenvalue weighted by molar-refractivity contribution is -0.140. The molecule has 2 N–H and O–H groups in total. The van der Waals surface area contributed by atoms with Gasteiger partial charge in [-0.1, -0.05) is 12.1 Å². The minimum Gasteiger partial charge on any atom is -0.465 e. The first-order valence-electron chi connectivity index (χ1n) is 8.54. The maximum Gasteiger partial charge on any atom is 0.434 e. The fraction of sp³-hybridized carbons (Fsp3) is 0.389. The molecule has 0 aliphatic heterocycles. The van der Waals surface area contributed by atoms with Gasteiger partial charge >= 0.3 is 12.1 Å². The van der Waals surface area contributed by atoms with Crippen molar-refractivity contribution < 1.29 is 22.7 Å². The Morgan fingerprint density at radius 3 is 2.54 bits per heavy atom. The highest BCUT2D eigenvalue weighted by Gasteiger charge is 2.33. The van der Waals surface area contributed by atoms with Crippen LogP contribution in [0.2, 0.25) is 0 Å². The number of carbonyl (C=O) groups excluding carboxylic acids is 1. The first-order chi connectivity index (χ1) is 13.3. The monoisotopic (exact) mass is 414 g/mol. The molecule has 6 nitrogen and oxygen atoms in total. The third-order valence-corrected chi connectivity index (χ3v) is 4.47. The second kappa shape index (κ2) is 10.1. The molecule has 1 heterocycles. The Balaban J connectivity index is 1.89. The molecule has 2 aromatic rings. The van der Waals surface area contributed by atoms with E-state index in [0.717, 1.165) is 22.3 Å². The molecule has 2 rings (SSSR count). The van der Waals surface area contributed by atoms with E-state index in [4.69, 9.17) is 0 Å². The molecule has 0 radical (unpaired) electrons. The maximum absolute atomic E-state index is 12.6. The molecule has 0 unspecified atom stereocenters. The summed E-state index contributed by atoms with van der Waals surface area (Å²) in [6.45, 7) is 3.14. The molecule has 0 amide bonds. The number of aromatic nitrogens is 1. The summed E-state index contributed by atoms with van der Waals surface area (Å²) in [7, 11) is 1.33. The number of rotatable bonds is 7. The van der Waals surface area contributed by atoms with Gasteiger partial charge < -0.3 is 15.4 Å². The van der Waals surface area contributed by atoms with Crippen LogP contribution in [0.15, 0.2) is 34.6 Å². The Kier molecular flexibility index (Phi) is 7.80. The lowest BCUT2D eigenvalue weighted by atomic mass is 10.1. The molecule has 0 saturated carbocycles. The van der Waals surface area contributed by atoms with E-state index in [1.54, 1.807) is 12.1 Å². The fourth-order valence-electron chi connectivity index (χ4n) is 2.25. The number of ether oxygens (including phenoxy) is 1. The number of guanidine groups is 1. The average molecular weight is 414 g/mol. The first kappa shape index (κ1) is 21.7. The molecule has 0 aliphatic rings. The summed E-state index contributed by atoms with van der Waals surface area (Å²) in [5.74, 6) is 0.111. The summed E-state index contributed by atoms with van der Waals surface area (Å²) in [6, 6.07) is 7.07. The zero-order valence-corrected chi connectivity index (χ0v) is 16.3. The van der Waals surface area contributed by atoms with Crippen molar-refractivity contribution >= 4 is 23.3 Å². The Bertz CT molecular complexity index is 804. The van der Waals surface area contributed by atoms with Crippen molar-refractivity contribution in [2.75, 3.05) is 20.2 Å². The van der Waals surface area contributed by atoms with Crippen LogP contribution in [0.1, 0.15) is 33.5 Å². The fourth-order valence-corrected chi connectivity index (χ4v) is 2.98. The van der Waals surface area contributed by atoms with Gasteiger partial charge in [0, 0.05) is 18.5 Å². The van der Waals surface area contributed by atoms with Gasteiger partial charge in [0.1, 0.15) is 5.01 Å². The third-order valence-electron chi connectivity index (χ3n) is 3.64. The average Bonchev–Trinajstić information content (AvgIpc) is 3.15. The molecule has 0 fully saturated rings. The minimum atomic E-state index is -4.44. The number of benzene rings is 1. The number of hydrogen-bond acceptors (Lipinski definition) is 5. The van der Waals surface area contributed by atoms with Crippen molar-refractivity contribution in [2.24, 2.45) is 4.99 Å². The van der Waals surface area contributed by atoms with Crippen LogP contribution in [-0.2, 0) is 23.9 Å². The molecule has 0 atom stereocenters. The van der Waals surface area contributed by atoms with Crippen LogP contribution in [0.3, 0.4) is 0 Å². The van der Waals surface area contributed by atoms with Crippen molar-refractivity contribution in [2.45, 2.75) is 26.1 Å². The summed E-state index contributed by atoms with van der Waals surface area (Å²) in [5, 5.41) is 7.45. The molecule has 0 bridgehead atoms. The number of hydrogen-bond donors (Lipinski definition) is 2.